The minimum atomic E-state index is -0.328. The molecule has 1 aromatic heterocycles. The maximum Gasteiger partial charge on any atom is 0.337 e. The molecule has 0 N–H and O–H groups in total. The molecule has 0 radical (unpaired) electrons. The Morgan fingerprint density at radius 3 is 2.76 bits per heavy atom. The van der Waals surface area contributed by atoms with E-state index in [2.05, 4.69) is 27.0 Å². The summed E-state index contributed by atoms with van der Waals surface area (Å²) >= 11 is 8.29. The molecule has 1 aliphatic heterocycles. The van der Waals surface area contributed by atoms with Crippen LogP contribution in [0.15, 0.2) is 60.0 Å². The summed E-state index contributed by atoms with van der Waals surface area (Å²) in [6.07, 6.45) is 14.2. The Hall–Kier alpha value is -2.81. The fraction of sp³-hybridized carbons (Fsp3) is 0.541. The smallest absolute Gasteiger partial charge is 0.337 e. The average molecular weight is 662 g/mol. The van der Waals surface area contributed by atoms with Crippen LogP contribution in [0, 0.1) is 17.8 Å². The molecule has 9 heteroatoms. The highest BCUT2D eigenvalue weighted by Crippen LogP contribution is 2.49. The molecule has 4 aliphatic rings. The van der Waals surface area contributed by atoms with E-state index in [1.165, 1.54) is 50.3 Å². The van der Waals surface area contributed by atoms with Gasteiger partial charge in [-0.15, -0.1) is 0 Å². The van der Waals surface area contributed by atoms with Gasteiger partial charge in [0.15, 0.2) is 5.16 Å². The number of methoxy groups -OCH3 is 2. The van der Waals surface area contributed by atoms with E-state index in [-0.39, 0.29) is 17.5 Å². The standard InChI is InChI=1S/C37H44ClN3O4S/c1-43-34(25-6-3-8-29(19-25)46-36-39-16-5-17-40-36)30-12-9-27(30)21-41-22-37(15-4-7-24-18-28(38)11-13-31(24)37)23-45-33-14-10-26(20-32(33)41)35(42)44-2/h5,10-11,13-14,16-18,20,25,27,29-30,34H,3-4,6-9,12,15,19,21-23H2,1-2H3/t25-,27-,29-,30+,34-,37-/m0/s1. The van der Waals surface area contributed by atoms with Gasteiger partial charge in [0.05, 0.1) is 31.1 Å². The molecule has 0 unspecified atom stereocenters. The van der Waals surface area contributed by atoms with Crippen molar-refractivity contribution >= 4 is 35.0 Å². The normalized spacial score (nSPS) is 27.8. The van der Waals surface area contributed by atoms with Crippen LogP contribution in [-0.2, 0) is 21.3 Å². The van der Waals surface area contributed by atoms with Crippen LogP contribution in [0.2, 0.25) is 5.02 Å². The molecule has 244 valence electrons. The van der Waals surface area contributed by atoms with Crippen molar-refractivity contribution < 1.29 is 19.0 Å². The molecule has 2 fully saturated rings. The molecule has 3 aliphatic carbocycles. The number of hydrogen-bond acceptors (Lipinski definition) is 8. The molecular weight excluding hydrogens is 618 g/mol. The number of carbonyl (C=O) groups is 1. The summed E-state index contributed by atoms with van der Waals surface area (Å²) in [5.41, 5.74) is 4.06. The van der Waals surface area contributed by atoms with E-state index in [0.29, 0.717) is 35.2 Å². The molecule has 0 saturated heterocycles. The van der Waals surface area contributed by atoms with Gasteiger partial charge in [-0.1, -0.05) is 35.9 Å². The summed E-state index contributed by atoms with van der Waals surface area (Å²) in [7, 11) is 3.35. The zero-order valence-corrected chi connectivity index (χ0v) is 28.4. The molecule has 1 spiro atoms. The fourth-order valence-electron chi connectivity index (χ4n) is 8.69. The number of benzene rings is 2. The maximum atomic E-state index is 12.6. The number of nitrogens with zero attached hydrogens (tertiary/aromatic N) is 3. The zero-order chi connectivity index (χ0) is 31.7. The van der Waals surface area contributed by atoms with E-state index in [9.17, 15) is 4.79 Å². The minimum Gasteiger partial charge on any atom is -0.490 e. The Labute approximate surface area is 281 Å². The summed E-state index contributed by atoms with van der Waals surface area (Å²) < 4.78 is 18.1. The fourth-order valence-corrected chi connectivity index (χ4v) is 10.1. The summed E-state index contributed by atoms with van der Waals surface area (Å²) in [6, 6.07) is 14.0. The highest BCUT2D eigenvalue weighted by Gasteiger charge is 2.46. The van der Waals surface area contributed by atoms with Crippen molar-refractivity contribution in [1.82, 2.24) is 9.97 Å². The van der Waals surface area contributed by atoms with Gasteiger partial charge in [-0.25, -0.2) is 14.8 Å². The van der Waals surface area contributed by atoms with Crippen molar-refractivity contribution in [2.75, 3.05) is 38.8 Å². The lowest BCUT2D eigenvalue weighted by molar-refractivity contribution is -0.0587. The first kappa shape index (κ1) is 31.8. The lowest BCUT2D eigenvalue weighted by Gasteiger charge is -2.48. The Morgan fingerprint density at radius 1 is 1.11 bits per heavy atom. The van der Waals surface area contributed by atoms with Crippen LogP contribution in [0.25, 0.3) is 0 Å². The van der Waals surface area contributed by atoms with Crippen LogP contribution in [0.1, 0.15) is 72.9 Å². The van der Waals surface area contributed by atoms with Gasteiger partial charge in [-0.3, -0.25) is 0 Å². The van der Waals surface area contributed by atoms with Gasteiger partial charge in [-0.05, 0) is 117 Å². The first-order valence-corrected chi connectivity index (χ1v) is 18.1. The van der Waals surface area contributed by atoms with Crippen LogP contribution < -0.4 is 9.64 Å². The van der Waals surface area contributed by atoms with E-state index in [4.69, 9.17) is 25.8 Å². The van der Waals surface area contributed by atoms with Gasteiger partial charge >= 0.3 is 5.97 Å². The zero-order valence-electron chi connectivity index (χ0n) is 26.8. The number of anilines is 1. The molecule has 7 nitrogen and oxygen atoms in total. The number of aromatic nitrogens is 2. The largest absolute Gasteiger partial charge is 0.490 e. The van der Waals surface area contributed by atoms with E-state index in [1.54, 1.807) is 0 Å². The topological polar surface area (TPSA) is 73.8 Å². The molecule has 46 heavy (non-hydrogen) atoms. The van der Waals surface area contributed by atoms with Crippen LogP contribution in [-0.4, -0.2) is 61.2 Å². The molecule has 0 amide bonds. The summed E-state index contributed by atoms with van der Waals surface area (Å²) in [4.78, 5) is 24.1. The Bertz CT molecular complexity index is 1540. The summed E-state index contributed by atoms with van der Waals surface area (Å²) in [5, 5.41) is 2.18. The van der Waals surface area contributed by atoms with Crippen LogP contribution in [0.5, 0.6) is 5.75 Å². The van der Waals surface area contributed by atoms with Gasteiger partial charge < -0.3 is 19.1 Å². The second-order valence-electron chi connectivity index (χ2n) is 13.7. The lowest BCUT2D eigenvalue weighted by atomic mass is 9.65. The summed E-state index contributed by atoms with van der Waals surface area (Å²) in [5.74, 6) is 2.02. The lowest BCUT2D eigenvalue weighted by Crippen LogP contribution is -2.51. The van der Waals surface area contributed by atoms with E-state index >= 15 is 0 Å². The number of esters is 1. The second kappa shape index (κ2) is 13.7. The first-order chi connectivity index (χ1) is 22.5. The Kier molecular flexibility index (Phi) is 9.49. The minimum absolute atomic E-state index is 0.157. The SMILES string of the molecule is COC(=O)c1ccc2c(c1)N(C[C@@H]1CC[C@H]1[C@@H](OC)[C@H]1CCC[C@H](Sc3ncccn3)C1)C[C@@]1(CCCc3cc(Cl)ccc31)CO2. The number of fused-ring (bicyclic) bond motifs is 3. The number of thioether (sulfide) groups is 1. The highest BCUT2D eigenvalue weighted by atomic mass is 35.5. The number of rotatable bonds is 8. The van der Waals surface area contributed by atoms with Crippen LogP contribution in [0.3, 0.4) is 0 Å². The third-order valence-electron chi connectivity index (χ3n) is 11.0. The quantitative estimate of drug-likeness (QED) is 0.179. The van der Waals surface area contributed by atoms with E-state index in [0.717, 1.165) is 60.4 Å². The van der Waals surface area contributed by atoms with Crippen molar-refractivity contribution in [3.05, 3.63) is 76.6 Å². The van der Waals surface area contributed by atoms with Gasteiger partial charge in [-0.2, -0.15) is 0 Å². The van der Waals surface area contributed by atoms with Gasteiger partial charge in [0.2, 0.25) is 0 Å². The number of ether oxygens (including phenoxy) is 3. The van der Waals surface area contributed by atoms with Crippen LogP contribution >= 0.6 is 23.4 Å². The number of halogens is 1. The monoisotopic (exact) mass is 661 g/mol. The molecule has 7 rings (SSSR count). The Balaban J connectivity index is 1.15. The van der Waals surface area contributed by atoms with E-state index < -0.39 is 0 Å². The predicted octanol–water partition coefficient (Wildman–Crippen LogP) is 7.78. The molecule has 2 saturated carbocycles. The summed E-state index contributed by atoms with van der Waals surface area (Å²) in [6.45, 7) is 2.34. The van der Waals surface area contributed by atoms with Crippen molar-refractivity contribution in [1.29, 1.82) is 0 Å². The molecule has 6 atom stereocenters. The van der Waals surface area contributed by atoms with Crippen molar-refractivity contribution in [3.8, 4) is 5.75 Å². The third-order valence-corrected chi connectivity index (χ3v) is 12.4. The number of carbonyl (C=O) groups excluding carboxylic acids is 1. The Morgan fingerprint density at radius 2 is 1.98 bits per heavy atom. The number of aryl methyl sites for hydroxylation is 1. The van der Waals surface area contributed by atoms with Crippen molar-refractivity contribution in [3.63, 3.8) is 0 Å². The van der Waals surface area contributed by atoms with Crippen molar-refractivity contribution in [2.45, 2.75) is 79.7 Å². The highest BCUT2D eigenvalue weighted by molar-refractivity contribution is 7.99. The van der Waals surface area contributed by atoms with E-state index in [1.807, 2.05) is 61.6 Å². The third kappa shape index (κ3) is 6.37. The average Bonchev–Trinajstić information content (AvgIpc) is 3.22. The second-order valence-corrected chi connectivity index (χ2v) is 15.4. The van der Waals surface area contributed by atoms with Crippen LogP contribution in [0.4, 0.5) is 5.69 Å². The molecule has 3 aromatic rings. The van der Waals surface area contributed by atoms with Crippen molar-refractivity contribution in [2.24, 2.45) is 17.8 Å². The molecule has 0 bridgehead atoms. The molecule has 2 aromatic carbocycles. The first-order valence-electron chi connectivity index (χ1n) is 16.8. The molecular formula is C37H44ClN3O4S. The van der Waals surface area contributed by atoms with Gasteiger partial charge in [0.25, 0.3) is 0 Å². The molecule has 2 heterocycles. The van der Waals surface area contributed by atoms with Gasteiger partial charge in [0, 0.05) is 48.3 Å². The number of hydrogen-bond donors (Lipinski definition) is 0. The predicted molar refractivity (Wildman–Crippen MR) is 182 cm³/mol. The van der Waals surface area contributed by atoms with Gasteiger partial charge in [0.1, 0.15) is 5.75 Å². The maximum absolute atomic E-state index is 12.6.